The summed E-state index contributed by atoms with van der Waals surface area (Å²) in [5.41, 5.74) is 5.06. The van der Waals surface area contributed by atoms with Crippen molar-refractivity contribution in [3.63, 3.8) is 0 Å². The number of anilines is 1. The molecule has 4 nitrogen and oxygen atoms in total. The molecule has 3 rings (SSSR count). The Bertz CT molecular complexity index is 607. The van der Waals surface area contributed by atoms with Gasteiger partial charge in [-0.15, -0.1) is 0 Å². The largest absolute Gasteiger partial charge is 0.377 e. The Morgan fingerprint density at radius 2 is 2.24 bits per heavy atom. The van der Waals surface area contributed by atoms with E-state index in [1.807, 2.05) is 13.8 Å². The van der Waals surface area contributed by atoms with Crippen LogP contribution in [0.15, 0.2) is 22.7 Å². The van der Waals surface area contributed by atoms with Crippen molar-refractivity contribution in [1.82, 2.24) is 0 Å². The molecule has 1 saturated heterocycles. The average Bonchev–Trinajstić information content (AvgIpc) is 2.89. The second kappa shape index (κ2) is 4.76. The quantitative estimate of drug-likeness (QED) is 0.856. The first-order valence-electron chi connectivity index (χ1n) is 6.95. The van der Waals surface area contributed by atoms with E-state index in [9.17, 15) is 9.18 Å². The number of amides is 1. The number of hydrogen-bond acceptors (Lipinski definition) is 3. The van der Waals surface area contributed by atoms with E-state index in [-0.39, 0.29) is 23.6 Å². The summed E-state index contributed by atoms with van der Waals surface area (Å²) in [4.78, 5) is 12.6. The first-order valence-corrected chi connectivity index (χ1v) is 7.75. The summed E-state index contributed by atoms with van der Waals surface area (Å²) in [6, 6.07) is 4.51. The molecule has 3 N–H and O–H groups in total. The number of rotatable bonds is 2. The Labute approximate surface area is 131 Å². The fraction of sp³-hybridized carbons (Fsp3) is 0.533. The lowest BCUT2D eigenvalue weighted by Crippen LogP contribution is -2.79. The SMILES string of the molecule is CC1(C)C2OCCC2C1(N)C(=O)Nc1ccc(Br)cc1F. The minimum atomic E-state index is -1.03. The molecule has 3 atom stereocenters. The monoisotopic (exact) mass is 356 g/mol. The lowest BCUT2D eigenvalue weighted by Gasteiger charge is -2.60. The van der Waals surface area contributed by atoms with Crippen LogP contribution >= 0.6 is 15.9 Å². The molecule has 0 aromatic heterocycles. The summed E-state index contributed by atoms with van der Waals surface area (Å²) in [5, 5.41) is 2.63. The van der Waals surface area contributed by atoms with Crippen molar-refractivity contribution >= 4 is 27.5 Å². The zero-order valence-corrected chi connectivity index (χ0v) is 13.5. The van der Waals surface area contributed by atoms with Gasteiger partial charge in [0.15, 0.2) is 0 Å². The molecule has 1 amide bonds. The van der Waals surface area contributed by atoms with Crippen molar-refractivity contribution in [3.05, 3.63) is 28.5 Å². The Hall–Kier alpha value is -0.980. The smallest absolute Gasteiger partial charge is 0.245 e. The molecule has 1 aromatic rings. The van der Waals surface area contributed by atoms with Gasteiger partial charge in [-0.2, -0.15) is 0 Å². The Morgan fingerprint density at radius 3 is 2.90 bits per heavy atom. The number of carbonyl (C=O) groups is 1. The van der Waals surface area contributed by atoms with E-state index in [2.05, 4.69) is 21.2 Å². The van der Waals surface area contributed by atoms with Gasteiger partial charge in [-0.3, -0.25) is 4.79 Å². The maximum Gasteiger partial charge on any atom is 0.245 e. The average molecular weight is 357 g/mol. The maximum atomic E-state index is 13.9. The third kappa shape index (κ3) is 1.96. The van der Waals surface area contributed by atoms with E-state index in [4.69, 9.17) is 10.5 Å². The van der Waals surface area contributed by atoms with E-state index in [1.165, 1.54) is 12.1 Å². The van der Waals surface area contributed by atoms with Crippen LogP contribution in [0.3, 0.4) is 0 Å². The zero-order valence-electron chi connectivity index (χ0n) is 12.0. The Kier molecular flexibility index (Phi) is 3.39. The van der Waals surface area contributed by atoms with Gasteiger partial charge in [-0.1, -0.05) is 29.8 Å². The van der Waals surface area contributed by atoms with Gasteiger partial charge in [0.25, 0.3) is 0 Å². The van der Waals surface area contributed by atoms with Gasteiger partial charge in [-0.25, -0.2) is 4.39 Å². The minimum absolute atomic E-state index is 0.00279. The highest BCUT2D eigenvalue weighted by Crippen LogP contribution is 2.58. The lowest BCUT2D eigenvalue weighted by molar-refractivity contribution is -0.170. The topological polar surface area (TPSA) is 64.3 Å². The normalized spacial score (nSPS) is 33.2. The van der Waals surface area contributed by atoms with Gasteiger partial charge in [0.05, 0.1) is 11.8 Å². The summed E-state index contributed by atoms with van der Waals surface area (Å²) >= 11 is 3.19. The molecule has 2 aliphatic rings. The highest BCUT2D eigenvalue weighted by molar-refractivity contribution is 9.10. The molecule has 2 fully saturated rings. The number of hydrogen-bond donors (Lipinski definition) is 2. The molecular weight excluding hydrogens is 339 g/mol. The van der Waals surface area contributed by atoms with Gasteiger partial charge in [0, 0.05) is 22.4 Å². The predicted molar refractivity (Wildman–Crippen MR) is 81.3 cm³/mol. The molecule has 0 spiro atoms. The third-order valence-corrected chi connectivity index (χ3v) is 5.50. The molecule has 6 heteroatoms. The molecule has 0 bridgehead atoms. The second-order valence-electron chi connectivity index (χ2n) is 6.36. The molecule has 0 radical (unpaired) electrons. The van der Waals surface area contributed by atoms with Crippen LogP contribution in [0.5, 0.6) is 0 Å². The molecule has 114 valence electrons. The van der Waals surface area contributed by atoms with Gasteiger partial charge in [0.2, 0.25) is 5.91 Å². The van der Waals surface area contributed by atoms with Crippen molar-refractivity contribution in [1.29, 1.82) is 0 Å². The summed E-state index contributed by atoms with van der Waals surface area (Å²) in [6.07, 6.45) is 0.768. The van der Waals surface area contributed by atoms with Crippen molar-refractivity contribution in [2.24, 2.45) is 17.1 Å². The molecule has 1 aromatic carbocycles. The van der Waals surface area contributed by atoms with E-state index >= 15 is 0 Å². The van der Waals surface area contributed by atoms with Crippen LogP contribution in [0.25, 0.3) is 0 Å². The Balaban J connectivity index is 1.85. The number of carbonyl (C=O) groups excluding carboxylic acids is 1. The minimum Gasteiger partial charge on any atom is -0.377 e. The first kappa shape index (κ1) is 14.9. The van der Waals surface area contributed by atoms with Gasteiger partial charge in [-0.05, 0) is 24.6 Å². The molecule has 1 aliphatic heterocycles. The molecule has 3 unspecified atom stereocenters. The number of ether oxygens (including phenoxy) is 1. The Morgan fingerprint density at radius 1 is 1.52 bits per heavy atom. The molecule has 21 heavy (non-hydrogen) atoms. The van der Waals surface area contributed by atoms with E-state index < -0.39 is 16.8 Å². The number of benzene rings is 1. The van der Waals surface area contributed by atoms with Gasteiger partial charge >= 0.3 is 0 Å². The van der Waals surface area contributed by atoms with Crippen LogP contribution in [0.4, 0.5) is 10.1 Å². The van der Waals surface area contributed by atoms with Crippen LogP contribution in [0, 0.1) is 17.2 Å². The summed E-state index contributed by atoms with van der Waals surface area (Å²) in [7, 11) is 0. The molecular formula is C15H18BrFN2O2. The van der Waals surface area contributed by atoms with Crippen LogP contribution in [-0.4, -0.2) is 24.2 Å². The van der Waals surface area contributed by atoms with Crippen LogP contribution in [0.1, 0.15) is 20.3 Å². The third-order valence-electron chi connectivity index (χ3n) is 5.01. The van der Waals surface area contributed by atoms with Gasteiger partial charge < -0.3 is 15.8 Å². The standard InChI is InChI=1S/C15H18BrFN2O2/c1-14(2)12-9(5-6-21-12)15(14,18)13(20)19-11-4-3-8(16)7-10(11)17/h3-4,7,9,12H,5-6,18H2,1-2H3,(H,19,20). The van der Waals surface area contributed by atoms with Crippen LogP contribution < -0.4 is 11.1 Å². The van der Waals surface area contributed by atoms with Crippen molar-refractivity contribution in [2.45, 2.75) is 31.9 Å². The number of nitrogens with two attached hydrogens (primary N) is 1. The highest BCUT2D eigenvalue weighted by atomic mass is 79.9. The van der Waals surface area contributed by atoms with E-state index in [0.717, 1.165) is 6.42 Å². The highest BCUT2D eigenvalue weighted by Gasteiger charge is 2.71. The van der Waals surface area contributed by atoms with Crippen LogP contribution in [-0.2, 0) is 9.53 Å². The van der Waals surface area contributed by atoms with Crippen molar-refractivity contribution < 1.29 is 13.9 Å². The first-order chi connectivity index (χ1) is 9.78. The van der Waals surface area contributed by atoms with Crippen molar-refractivity contribution in [3.8, 4) is 0 Å². The fourth-order valence-electron chi connectivity index (χ4n) is 3.66. The fourth-order valence-corrected chi connectivity index (χ4v) is 3.99. The summed E-state index contributed by atoms with van der Waals surface area (Å²) < 4.78 is 20.2. The van der Waals surface area contributed by atoms with E-state index in [0.29, 0.717) is 11.1 Å². The maximum absolute atomic E-state index is 13.9. The van der Waals surface area contributed by atoms with E-state index in [1.54, 1.807) is 6.07 Å². The summed E-state index contributed by atoms with van der Waals surface area (Å²) in [5.74, 6) is -0.843. The second-order valence-corrected chi connectivity index (χ2v) is 7.27. The number of fused-ring (bicyclic) bond motifs is 1. The molecule has 1 aliphatic carbocycles. The zero-order chi connectivity index (χ0) is 15.4. The van der Waals surface area contributed by atoms with Crippen LogP contribution in [0.2, 0.25) is 0 Å². The summed E-state index contributed by atoms with van der Waals surface area (Å²) in [6.45, 7) is 4.48. The predicted octanol–water partition coefficient (Wildman–Crippen LogP) is 2.67. The molecule has 1 heterocycles. The lowest BCUT2D eigenvalue weighted by atomic mass is 9.48. The number of nitrogens with one attached hydrogen (secondary N) is 1. The number of halogens is 2. The van der Waals surface area contributed by atoms with Crippen molar-refractivity contribution in [2.75, 3.05) is 11.9 Å². The molecule has 1 saturated carbocycles. The van der Waals surface area contributed by atoms with Gasteiger partial charge in [0.1, 0.15) is 11.4 Å².